The lowest BCUT2D eigenvalue weighted by Crippen LogP contribution is -1.93. The Kier molecular flexibility index (Phi) is 5.64. The maximum atomic E-state index is 11.3. The van der Waals surface area contributed by atoms with E-state index in [0.717, 1.165) is 31.7 Å². The van der Waals surface area contributed by atoms with Crippen LogP contribution in [0, 0.1) is 6.92 Å². The van der Waals surface area contributed by atoms with Gasteiger partial charge in [-0.25, -0.2) is 4.79 Å². The van der Waals surface area contributed by atoms with E-state index < -0.39 is 5.97 Å². The van der Waals surface area contributed by atoms with Crippen LogP contribution < -0.4 is 4.74 Å². The van der Waals surface area contributed by atoms with E-state index in [9.17, 15) is 15.0 Å². The molecule has 4 aromatic rings. The standard InChI is InChI=1S/C25H20O5S/c1-15-13-17(6-11-21(15)27)25-24(20-10-7-18(26)14-22(20)31-25)30-19-8-3-16(4-9-19)5-12-23(28)29-2/h3-14,26-27H,1-2H3. The molecule has 0 aliphatic rings. The Balaban J connectivity index is 1.73. The number of phenols is 2. The minimum Gasteiger partial charge on any atom is -0.508 e. The molecule has 0 saturated heterocycles. The van der Waals surface area contributed by atoms with Gasteiger partial charge in [0.1, 0.15) is 17.2 Å². The Morgan fingerprint density at radius 3 is 2.48 bits per heavy atom. The number of rotatable bonds is 5. The van der Waals surface area contributed by atoms with Gasteiger partial charge in [0, 0.05) is 16.2 Å². The van der Waals surface area contributed by atoms with Gasteiger partial charge in [0.2, 0.25) is 0 Å². The van der Waals surface area contributed by atoms with Gasteiger partial charge < -0.3 is 19.7 Å². The summed E-state index contributed by atoms with van der Waals surface area (Å²) < 4.78 is 11.8. The minimum absolute atomic E-state index is 0.190. The van der Waals surface area contributed by atoms with E-state index in [1.165, 1.54) is 24.5 Å². The van der Waals surface area contributed by atoms with E-state index in [1.54, 1.807) is 24.3 Å². The van der Waals surface area contributed by atoms with Crippen LogP contribution in [0.3, 0.4) is 0 Å². The molecule has 4 rings (SSSR count). The quantitative estimate of drug-likeness (QED) is 0.287. The summed E-state index contributed by atoms with van der Waals surface area (Å²) in [5, 5.41) is 20.7. The molecule has 0 spiro atoms. The summed E-state index contributed by atoms with van der Waals surface area (Å²) in [6.45, 7) is 1.85. The van der Waals surface area contributed by atoms with Gasteiger partial charge in [-0.05, 0) is 78.2 Å². The van der Waals surface area contributed by atoms with Crippen molar-refractivity contribution in [1.82, 2.24) is 0 Å². The Bertz CT molecular complexity index is 1290. The van der Waals surface area contributed by atoms with Crippen LogP contribution in [0.5, 0.6) is 23.0 Å². The normalized spacial score (nSPS) is 11.2. The summed E-state index contributed by atoms with van der Waals surface area (Å²) in [5.74, 6) is 1.33. The Hall–Kier alpha value is -3.77. The monoisotopic (exact) mass is 432 g/mol. The molecule has 0 aliphatic heterocycles. The zero-order chi connectivity index (χ0) is 22.0. The molecule has 0 fully saturated rings. The number of esters is 1. The van der Waals surface area contributed by atoms with Gasteiger partial charge in [-0.2, -0.15) is 0 Å². The summed E-state index contributed by atoms with van der Waals surface area (Å²) in [7, 11) is 1.34. The minimum atomic E-state index is -0.415. The van der Waals surface area contributed by atoms with E-state index in [4.69, 9.17) is 4.74 Å². The third-order valence-corrected chi connectivity index (χ3v) is 5.98. The molecule has 31 heavy (non-hydrogen) atoms. The van der Waals surface area contributed by atoms with Gasteiger partial charge in [-0.3, -0.25) is 0 Å². The molecule has 6 heteroatoms. The van der Waals surface area contributed by atoms with Crippen molar-refractivity contribution in [2.24, 2.45) is 0 Å². The molecular formula is C25H20O5S. The molecule has 156 valence electrons. The van der Waals surface area contributed by atoms with Crippen LogP contribution in [0.4, 0.5) is 0 Å². The van der Waals surface area contributed by atoms with Crippen LogP contribution in [-0.2, 0) is 9.53 Å². The summed E-state index contributed by atoms with van der Waals surface area (Å²) in [6, 6.07) is 17.9. The fourth-order valence-corrected chi connectivity index (χ4v) is 4.31. The molecular weight excluding hydrogens is 412 g/mol. The number of fused-ring (bicyclic) bond motifs is 1. The Morgan fingerprint density at radius 2 is 1.77 bits per heavy atom. The molecule has 0 saturated carbocycles. The highest BCUT2D eigenvalue weighted by Gasteiger charge is 2.17. The second-order valence-corrected chi connectivity index (χ2v) is 8.02. The van der Waals surface area contributed by atoms with Crippen LogP contribution in [0.1, 0.15) is 11.1 Å². The molecule has 1 heterocycles. The zero-order valence-corrected chi connectivity index (χ0v) is 17.8. The van der Waals surface area contributed by atoms with Gasteiger partial charge in [-0.1, -0.05) is 12.1 Å². The molecule has 0 unspecified atom stereocenters. The first-order valence-corrected chi connectivity index (χ1v) is 10.4. The second kappa shape index (κ2) is 8.53. The lowest BCUT2D eigenvalue weighted by molar-refractivity contribution is -0.134. The van der Waals surface area contributed by atoms with Gasteiger partial charge >= 0.3 is 5.97 Å². The van der Waals surface area contributed by atoms with Crippen molar-refractivity contribution in [1.29, 1.82) is 0 Å². The molecule has 2 N–H and O–H groups in total. The van der Waals surface area contributed by atoms with Crippen LogP contribution in [-0.4, -0.2) is 23.3 Å². The largest absolute Gasteiger partial charge is 0.508 e. The molecule has 0 aliphatic carbocycles. The number of aromatic hydroxyl groups is 2. The predicted molar refractivity (Wildman–Crippen MR) is 123 cm³/mol. The van der Waals surface area contributed by atoms with Crippen LogP contribution in [0.25, 0.3) is 26.6 Å². The smallest absolute Gasteiger partial charge is 0.330 e. The van der Waals surface area contributed by atoms with Crippen molar-refractivity contribution in [2.75, 3.05) is 7.11 Å². The lowest BCUT2D eigenvalue weighted by Gasteiger charge is -2.09. The SMILES string of the molecule is COC(=O)C=Cc1ccc(Oc2c(-c3ccc(O)c(C)c3)sc3cc(O)ccc23)cc1. The predicted octanol–water partition coefficient (Wildman–Crippen LogP) is 6.27. The van der Waals surface area contributed by atoms with Crippen LogP contribution in [0.2, 0.25) is 0 Å². The van der Waals surface area contributed by atoms with E-state index in [2.05, 4.69) is 4.74 Å². The van der Waals surface area contributed by atoms with E-state index in [1.807, 2.05) is 49.4 Å². The number of ether oxygens (including phenoxy) is 2. The summed E-state index contributed by atoms with van der Waals surface area (Å²) >= 11 is 1.51. The number of carbonyl (C=O) groups excluding carboxylic acids is 1. The highest BCUT2D eigenvalue weighted by atomic mass is 32.1. The third-order valence-electron chi connectivity index (χ3n) is 4.80. The van der Waals surface area contributed by atoms with Crippen molar-refractivity contribution in [3.05, 3.63) is 77.9 Å². The van der Waals surface area contributed by atoms with Gasteiger partial charge in [0.15, 0.2) is 5.75 Å². The number of phenolic OH excluding ortho intramolecular Hbond substituents is 2. The van der Waals surface area contributed by atoms with Gasteiger partial charge in [0.25, 0.3) is 0 Å². The number of thiophene rings is 1. The second-order valence-electron chi connectivity index (χ2n) is 6.97. The highest BCUT2D eigenvalue weighted by molar-refractivity contribution is 7.22. The van der Waals surface area contributed by atoms with E-state index >= 15 is 0 Å². The Labute approximate surface area is 183 Å². The van der Waals surface area contributed by atoms with Crippen LogP contribution >= 0.6 is 11.3 Å². The number of benzene rings is 3. The summed E-state index contributed by atoms with van der Waals surface area (Å²) in [4.78, 5) is 12.2. The molecule has 1 aromatic heterocycles. The molecule has 0 atom stereocenters. The van der Waals surface area contributed by atoms with E-state index in [-0.39, 0.29) is 11.5 Å². The number of hydrogen-bond donors (Lipinski definition) is 2. The van der Waals surface area contributed by atoms with Crippen molar-refractivity contribution in [3.63, 3.8) is 0 Å². The highest BCUT2D eigenvalue weighted by Crippen LogP contribution is 2.47. The number of carbonyl (C=O) groups is 1. The lowest BCUT2D eigenvalue weighted by atomic mass is 10.1. The third kappa shape index (κ3) is 4.39. The first-order chi connectivity index (χ1) is 14.9. The molecule has 0 radical (unpaired) electrons. The van der Waals surface area contributed by atoms with Crippen molar-refractivity contribution >= 4 is 33.5 Å². The van der Waals surface area contributed by atoms with Crippen molar-refractivity contribution in [2.45, 2.75) is 6.92 Å². The van der Waals surface area contributed by atoms with Gasteiger partial charge in [0.05, 0.1) is 12.0 Å². The van der Waals surface area contributed by atoms with E-state index in [0.29, 0.717) is 11.5 Å². The van der Waals surface area contributed by atoms with Gasteiger partial charge in [-0.15, -0.1) is 11.3 Å². The molecule has 0 bridgehead atoms. The maximum Gasteiger partial charge on any atom is 0.330 e. The molecule has 5 nitrogen and oxygen atoms in total. The number of methoxy groups -OCH3 is 1. The Morgan fingerprint density at radius 1 is 1.00 bits per heavy atom. The molecule has 0 amide bonds. The fraction of sp³-hybridized carbons (Fsp3) is 0.0800. The first-order valence-electron chi connectivity index (χ1n) is 9.54. The summed E-state index contributed by atoms with van der Waals surface area (Å²) in [5.41, 5.74) is 2.53. The number of aryl methyl sites for hydroxylation is 1. The van der Waals surface area contributed by atoms with Crippen molar-refractivity contribution < 1.29 is 24.5 Å². The van der Waals surface area contributed by atoms with Crippen molar-refractivity contribution in [3.8, 4) is 33.4 Å². The summed E-state index contributed by atoms with van der Waals surface area (Å²) in [6.07, 6.45) is 3.03. The average Bonchev–Trinajstić information content (AvgIpc) is 3.12. The van der Waals surface area contributed by atoms with Crippen LogP contribution in [0.15, 0.2) is 66.7 Å². The average molecular weight is 432 g/mol. The number of hydrogen-bond acceptors (Lipinski definition) is 6. The molecule has 3 aromatic carbocycles. The maximum absolute atomic E-state index is 11.3. The first kappa shape index (κ1) is 20.5. The topological polar surface area (TPSA) is 76.0 Å². The fourth-order valence-electron chi connectivity index (χ4n) is 3.15. The zero-order valence-electron chi connectivity index (χ0n) is 17.0.